The zero-order chi connectivity index (χ0) is 16.4. The molecule has 4 aliphatic rings. The number of hydrogen-bond acceptors (Lipinski definition) is 4. The molecular formula is C19H29N3OS. The minimum Gasteiger partial charge on any atom is -0.338 e. The number of hydrogen-bond donors (Lipinski definition) is 0. The molecule has 0 unspecified atom stereocenters. The van der Waals surface area contributed by atoms with Crippen LogP contribution in [-0.4, -0.2) is 46.4 Å². The molecule has 3 aliphatic heterocycles. The summed E-state index contributed by atoms with van der Waals surface area (Å²) < 4.78 is 0. The Bertz CT molecular complexity index is 539. The predicted molar refractivity (Wildman–Crippen MR) is 96.8 cm³/mol. The summed E-state index contributed by atoms with van der Waals surface area (Å²) >= 11 is 1.67. The standard InChI is InChI=1S/C19H29N3OS/c23-19(16-5-3-1-2-4-6-16)22-10-15-7-8-18(22)12-21(9-15)11-17-13-24-14-20-17/h13-16,18H,1-12H2/t15-,18+/m0/s1. The molecule has 2 bridgehead atoms. The van der Waals surface area contributed by atoms with E-state index in [0.717, 1.165) is 39.0 Å². The van der Waals surface area contributed by atoms with Gasteiger partial charge in [0.25, 0.3) is 0 Å². The molecule has 4 fully saturated rings. The quantitative estimate of drug-likeness (QED) is 0.785. The van der Waals surface area contributed by atoms with Crippen molar-refractivity contribution in [3.05, 3.63) is 16.6 Å². The summed E-state index contributed by atoms with van der Waals surface area (Å²) in [6, 6.07) is 0.429. The lowest BCUT2D eigenvalue weighted by atomic mass is 9.91. The fraction of sp³-hybridized carbons (Fsp3) is 0.789. The topological polar surface area (TPSA) is 36.4 Å². The van der Waals surface area contributed by atoms with Gasteiger partial charge in [0.15, 0.2) is 0 Å². The first-order valence-electron chi connectivity index (χ1n) is 9.69. The van der Waals surface area contributed by atoms with Crippen molar-refractivity contribution in [2.24, 2.45) is 11.8 Å². The number of carbonyl (C=O) groups is 1. The average molecular weight is 348 g/mol. The number of amides is 1. The molecule has 1 saturated carbocycles. The number of fused-ring (bicyclic) bond motifs is 4. The van der Waals surface area contributed by atoms with E-state index in [0.29, 0.717) is 23.8 Å². The fourth-order valence-electron chi connectivity index (χ4n) is 4.88. The van der Waals surface area contributed by atoms with Crippen LogP contribution in [0.25, 0.3) is 0 Å². The summed E-state index contributed by atoms with van der Waals surface area (Å²) in [7, 11) is 0. The molecule has 4 nitrogen and oxygen atoms in total. The molecule has 132 valence electrons. The predicted octanol–water partition coefficient (Wildman–Crippen LogP) is 3.54. The largest absolute Gasteiger partial charge is 0.338 e. The van der Waals surface area contributed by atoms with Crippen LogP contribution in [0, 0.1) is 11.8 Å². The fourth-order valence-corrected chi connectivity index (χ4v) is 5.43. The Hall–Kier alpha value is -0.940. The summed E-state index contributed by atoms with van der Waals surface area (Å²) in [6.07, 6.45) is 9.84. The molecule has 5 rings (SSSR count). The molecule has 0 aromatic carbocycles. The zero-order valence-corrected chi connectivity index (χ0v) is 15.3. The van der Waals surface area contributed by atoms with Gasteiger partial charge in [-0.3, -0.25) is 9.69 Å². The zero-order valence-electron chi connectivity index (χ0n) is 14.5. The molecule has 4 heterocycles. The van der Waals surface area contributed by atoms with Gasteiger partial charge in [-0.05, 0) is 31.6 Å². The van der Waals surface area contributed by atoms with Gasteiger partial charge in [0.2, 0.25) is 5.91 Å². The third-order valence-electron chi connectivity index (χ3n) is 6.15. The van der Waals surface area contributed by atoms with E-state index in [4.69, 9.17) is 0 Å². The van der Waals surface area contributed by atoms with Crippen LogP contribution in [0.2, 0.25) is 0 Å². The minimum atomic E-state index is 0.304. The molecule has 5 heteroatoms. The average Bonchev–Trinajstić information content (AvgIpc) is 2.79. The van der Waals surface area contributed by atoms with E-state index < -0.39 is 0 Å². The van der Waals surface area contributed by atoms with Gasteiger partial charge in [0, 0.05) is 43.5 Å². The van der Waals surface area contributed by atoms with Crippen molar-refractivity contribution >= 4 is 17.2 Å². The monoisotopic (exact) mass is 347 g/mol. The highest BCUT2D eigenvalue weighted by atomic mass is 32.1. The summed E-state index contributed by atoms with van der Waals surface area (Å²) in [5.74, 6) is 1.43. The molecular weight excluding hydrogens is 318 g/mol. The molecule has 3 saturated heterocycles. The van der Waals surface area contributed by atoms with E-state index in [1.165, 1.54) is 44.2 Å². The number of thiazole rings is 1. The maximum atomic E-state index is 13.2. The normalized spacial score (nSPS) is 29.4. The maximum absolute atomic E-state index is 13.2. The van der Waals surface area contributed by atoms with Crippen molar-refractivity contribution in [1.29, 1.82) is 0 Å². The Kier molecular flexibility index (Phi) is 5.18. The van der Waals surface area contributed by atoms with Crippen LogP contribution >= 0.6 is 11.3 Å². The van der Waals surface area contributed by atoms with E-state index in [2.05, 4.69) is 20.2 Å². The van der Waals surface area contributed by atoms with Gasteiger partial charge in [-0.1, -0.05) is 25.7 Å². The highest BCUT2D eigenvalue weighted by molar-refractivity contribution is 7.07. The Morgan fingerprint density at radius 1 is 1.08 bits per heavy atom. The van der Waals surface area contributed by atoms with Gasteiger partial charge in [0.05, 0.1) is 11.2 Å². The number of nitrogens with zero attached hydrogens (tertiary/aromatic N) is 3. The molecule has 1 amide bonds. The first-order chi connectivity index (χ1) is 11.8. The number of carbonyl (C=O) groups excluding carboxylic acids is 1. The van der Waals surface area contributed by atoms with Crippen LogP contribution < -0.4 is 0 Å². The molecule has 1 aromatic heterocycles. The lowest BCUT2D eigenvalue weighted by Crippen LogP contribution is -2.49. The van der Waals surface area contributed by atoms with Gasteiger partial charge < -0.3 is 4.90 Å². The van der Waals surface area contributed by atoms with Gasteiger partial charge >= 0.3 is 0 Å². The Morgan fingerprint density at radius 2 is 1.92 bits per heavy atom. The second-order valence-electron chi connectivity index (χ2n) is 7.95. The van der Waals surface area contributed by atoms with Crippen molar-refractivity contribution in [3.8, 4) is 0 Å². The first-order valence-corrected chi connectivity index (χ1v) is 10.6. The maximum Gasteiger partial charge on any atom is 0.225 e. The highest BCUT2D eigenvalue weighted by Gasteiger charge is 2.39. The summed E-state index contributed by atoms with van der Waals surface area (Å²) in [5, 5.41) is 2.15. The Morgan fingerprint density at radius 3 is 2.67 bits per heavy atom. The highest BCUT2D eigenvalue weighted by Crippen LogP contribution is 2.32. The van der Waals surface area contributed by atoms with Gasteiger partial charge in [0.1, 0.15) is 0 Å². The van der Waals surface area contributed by atoms with Crippen molar-refractivity contribution in [1.82, 2.24) is 14.8 Å². The van der Waals surface area contributed by atoms with Crippen LogP contribution in [0.4, 0.5) is 0 Å². The SMILES string of the molecule is O=C(C1CCCCCC1)N1C[C@H]2CC[C@@H]1CN(Cc1cscn1)C2. The van der Waals surface area contributed by atoms with Crippen LogP contribution in [0.1, 0.15) is 57.1 Å². The van der Waals surface area contributed by atoms with Crippen molar-refractivity contribution in [2.45, 2.75) is 64.0 Å². The first kappa shape index (κ1) is 16.5. The number of aromatic nitrogens is 1. The van der Waals surface area contributed by atoms with Crippen LogP contribution in [0.5, 0.6) is 0 Å². The molecule has 1 aliphatic carbocycles. The van der Waals surface area contributed by atoms with Gasteiger partial charge in [-0.25, -0.2) is 4.98 Å². The summed E-state index contributed by atoms with van der Waals surface area (Å²) in [5.41, 5.74) is 3.10. The minimum absolute atomic E-state index is 0.304. The van der Waals surface area contributed by atoms with Crippen LogP contribution in [0.15, 0.2) is 10.9 Å². The molecule has 0 N–H and O–H groups in total. The lowest BCUT2D eigenvalue weighted by Gasteiger charge is -2.38. The number of piperidine rings is 1. The van der Waals surface area contributed by atoms with E-state index in [1.54, 1.807) is 11.3 Å². The van der Waals surface area contributed by atoms with Crippen molar-refractivity contribution < 1.29 is 4.79 Å². The summed E-state index contributed by atoms with van der Waals surface area (Å²) in [4.78, 5) is 22.4. The Labute approximate surface area is 149 Å². The van der Waals surface area contributed by atoms with E-state index in [9.17, 15) is 4.79 Å². The van der Waals surface area contributed by atoms with E-state index in [-0.39, 0.29) is 0 Å². The summed E-state index contributed by atoms with van der Waals surface area (Å²) in [6.45, 7) is 4.10. The van der Waals surface area contributed by atoms with E-state index in [1.807, 2.05) is 5.51 Å². The lowest BCUT2D eigenvalue weighted by molar-refractivity contribution is -0.140. The molecule has 24 heavy (non-hydrogen) atoms. The van der Waals surface area contributed by atoms with Crippen molar-refractivity contribution in [3.63, 3.8) is 0 Å². The second kappa shape index (κ2) is 7.52. The van der Waals surface area contributed by atoms with Gasteiger partial charge in [-0.2, -0.15) is 0 Å². The Balaban J connectivity index is 1.43. The molecule has 1 aromatic rings. The molecule has 0 radical (unpaired) electrons. The van der Waals surface area contributed by atoms with Gasteiger partial charge in [-0.15, -0.1) is 11.3 Å². The van der Waals surface area contributed by atoms with Crippen LogP contribution in [-0.2, 0) is 11.3 Å². The molecule has 2 atom stereocenters. The van der Waals surface area contributed by atoms with Crippen molar-refractivity contribution in [2.75, 3.05) is 19.6 Å². The molecule has 0 spiro atoms. The van der Waals surface area contributed by atoms with Crippen LogP contribution in [0.3, 0.4) is 0 Å². The number of rotatable bonds is 3. The second-order valence-corrected chi connectivity index (χ2v) is 8.67. The van der Waals surface area contributed by atoms with E-state index >= 15 is 0 Å². The third-order valence-corrected chi connectivity index (χ3v) is 6.78. The third kappa shape index (κ3) is 3.67. The smallest absolute Gasteiger partial charge is 0.225 e.